The molecule has 0 amide bonds. The highest BCUT2D eigenvalue weighted by atomic mass is 32.1. The van der Waals surface area contributed by atoms with Crippen LogP contribution in [0.4, 0.5) is 0 Å². The summed E-state index contributed by atoms with van der Waals surface area (Å²) in [6, 6.07) is 45.2. The van der Waals surface area contributed by atoms with Crippen LogP contribution >= 0.6 is 11.3 Å². The van der Waals surface area contributed by atoms with Crippen LogP contribution < -0.4 is 0 Å². The molecule has 2 nitrogen and oxygen atoms in total. The van der Waals surface area contributed by atoms with Crippen LogP contribution in [0.5, 0.6) is 0 Å². The van der Waals surface area contributed by atoms with Crippen LogP contribution in [-0.4, -0.2) is 9.97 Å². The van der Waals surface area contributed by atoms with Crippen molar-refractivity contribution >= 4 is 53.2 Å². The Morgan fingerprint density at radius 1 is 0.436 bits per heavy atom. The summed E-state index contributed by atoms with van der Waals surface area (Å²) in [5.74, 6) is 0. The summed E-state index contributed by atoms with van der Waals surface area (Å²) < 4.78 is 2.65. The molecule has 8 aromatic rings. The van der Waals surface area contributed by atoms with E-state index in [1.807, 2.05) is 23.6 Å². The van der Waals surface area contributed by atoms with Crippen molar-refractivity contribution in [1.29, 1.82) is 0 Å². The number of aromatic nitrogens is 2. The number of rotatable bonds is 3. The van der Waals surface area contributed by atoms with E-state index in [4.69, 9.17) is 9.97 Å². The number of fused-ring (bicyclic) bond motifs is 6. The first-order valence-electron chi connectivity index (χ1n) is 13.1. The molecular formula is C36H22N2S. The van der Waals surface area contributed by atoms with Crippen molar-refractivity contribution in [3.8, 4) is 33.6 Å². The lowest BCUT2D eigenvalue weighted by atomic mass is 9.98. The van der Waals surface area contributed by atoms with E-state index in [0.717, 1.165) is 33.4 Å². The third-order valence-electron chi connectivity index (χ3n) is 7.52. The second-order valence-corrected chi connectivity index (χ2v) is 10.9. The highest BCUT2D eigenvalue weighted by Crippen LogP contribution is 2.37. The Hall–Kier alpha value is -4.86. The first-order chi connectivity index (χ1) is 19.3. The minimum Gasteiger partial charge on any atom is -0.254 e. The van der Waals surface area contributed by atoms with Gasteiger partial charge in [0, 0.05) is 42.7 Å². The maximum Gasteiger partial charge on any atom is 0.0972 e. The Morgan fingerprint density at radius 3 is 1.95 bits per heavy atom. The molecule has 5 aromatic carbocycles. The van der Waals surface area contributed by atoms with Crippen molar-refractivity contribution in [3.05, 3.63) is 134 Å². The monoisotopic (exact) mass is 514 g/mol. The van der Waals surface area contributed by atoms with Crippen molar-refractivity contribution in [2.45, 2.75) is 0 Å². The minimum absolute atomic E-state index is 0.882. The largest absolute Gasteiger partial charge is 0.254 e. The highest BCUT2D eigenvalue weighted by Gasteiger charge is 2.12. The lowest BCUT2D eigenvalue weighted by molar-refractivity contribution is 1.29. The van der Waals surface area contributed by atoms with Gasteiger partial charge in [0.2, 0.25) is 0 Å². The zero-order valence-corrected chi connectivity index (χ0v) is 21.8. The first kappa shape index (κ1) is 22.2. The molecule has 0 unspecified atom stereocenters. The standard InChI is InChI=1S/C36H22N2S/c1-2-13-31-27(10-1)28-11-3-5-14-32(28)38-36(31)33-19-17-26(22-37-33)24-9-7-8-23(20-24)25-16-18-30-29-12-4-6-15-34(29)39-35(30)21-25/h1-22H. The fourth-order valence-electron chi connectivity index (χ4n) is 5.59. The van der Waals surface area contributed by atoms with Crippen molar-refractivity contribution in [2.75, 3.05) is 0 Å². The number of nitrogens with zero attached hydrogens (tertiary/aromatic N) is 2. The molecule has 0 aliphatic heterocycles. The second kappa shape index (κ2) is 8.87. The van der Waals surface area contributed by atoms with Gasteiger partial charge in [0.15, 0.2) is 0 Å². The van der Waals surface area contributed by atoms with Crippen LogP contribution in [0.1, 0.15) is 0 Å². The minimum atomic E-state index is 0.882. The van der Waals surface area contributed by atoms with Crippen LogP contribution in [0, 0.1) is 0 Å². The Balaban J connectivity index is 1.18. The third-order valence-corrected chi connectivity index (χ3v) is 8.66. The molecule has 39 heavy (non-hydrogen) atoms. The number of benzene rings is 5. The molecule has 0 spiro atoms. The van der Waals surface area contributed by atoms with E-state index in [0.29, 0.717) is 0 Å². The van der Waals surface area contributed by atoms with Gasteiger partial charge in [-0.25, -0.2) is 4.98 Å². The van der Waals surface area contributed by atoms with Crippen LogP contribution in [0.25, 0.3) is 75.5 Å². The summed E-state index contributed by atoms with van der Waals surface area (Å²) in [4.78, 5) is 9.90. The number of thiophene rings is 1. The maximum absolute atomic E-state index is 5.01. The van der Waals surface area contributed by atoms with Crippen LogP contribution in [0.2, 0.25) is 0 Å². The summed E-state index contributed by atoms with van der Waals surface area (Å²) in [7, 11) is 0. The van der Waals surface area contributed by atoms with Gasteiger partial charge in [-0.15, -0.1) is 11.3 Å². The van der Waals surface area contributed by atoms with Gasteiger partial charge in [0.25, 0.3) is 0 Å². The molecule has 0 bridgehead atoms. The summed E-state index contributed by atoms with van der Waals surface area (Å²) in [6.07, 6.45) is 1.97. The predicted octanol–water partition coefficient (Wildman–Crippen LogP) is 10.2. The lowest BCUT2D eigenvalue weighted by Gasteiger charge is -2.10. The van der Waals surface area contributed by atoms with E-state index >= 15 is 0 Å². The average Bonchev–Trinajstić information content (AvgIpc) is 3.39. The van der Waals surface area contributed by atoms with Gasteiger partial charge in [-0.2, -0.15) is 0 Å². The molecule has 0 saturated heterocycles. The Bertz CT molecular complexity index is 2170. The topological polar surface area (TPSA) is 25.8 Å². The zero-order valence-electron chi connectivity index (χ0n) is 21.0. The number of hydrogen-bond donors (Lipinski definition) is 0. The summed E-state index contributed by atoms with van der Waals surface area (Å²) in [5, 5.41) is 6.14. The van der Waals surface area contributed by atoms with Gasteiger partial charge < -0.3 is 0 Å². The van der Waals surface area contributed by atoms with E-state index in [9.17, 15) is 0 Å². The number of para-hydroxylation sites is 1. The molecule has 3 heterocycles. The van der Waals surface area contributed by atoms with Crippen LogP contribution in [0.15, 0.2) is 134 Å². The Labute approximate surface area is 229 Å². The average molecular weight is 515 g/mol. The van der Waals surface area contributed by atoms with Crippen molar-refractivity contribution in [3.63, 3.8) is 0 Å². The third kappa shape index (κ3) is 3.70. The van der Waals surface area contributed by atoms with Gasteiger partial charge in [-0.3, -0.25) is 4.98 Å². The molecule has 0 atom stereocenters. The molecule has 0 saturated carbocycles. The van der Waals surface area contributed by atoms with Crippen molar-refractivity contribution < 1.29 is 0 Å². The molecular weight excluding hydrogens is 492 g/mol. The fourth-order valence-corrected chi connectivity index (χ4v) is 6.73. The maximum atomic E-state index is 5.01. The Morgan fingerprint density at radius 2 is 1.10 bits per heavy atom. The first-order valence-corrected chi connectivity index (χ1v) is 13.9. The van der Waals surface area contributed by atoms with Gasteiger partial charge in [-0.05, 0) is 52.4 Å². The highest BCUT2D eigenvalue weighted by molar-refractivity contribution is 7.25. The lowest BCUT2D eigenvalue weighted by Crippen LogP contribution is -1.92. The van der Waals surface area contributed by atoms with Gasteiger partial charge in [-0.1, -0.05) is 97.1 Å². The second-order valence-electron chi connectivity index (χ2n) is 9.85. The van der Waals surface area contributed by atoms with Crippen LogP contribution in [-0.2, 0) is 0 Å². The smallest absolute Gasteiger partial charge is 0.0972 e. The fraction of sp³-hybridized carbons (Fsp3) is 0. The molecule has 0 aliphatic carbocycles. The van der Waals surface area contributed by atoms with Gasteiger partial charge in [0.05, 0.1) is 16.9 Å². The van der Waals surface area contributed by atoms with E-state index in [-0.39, 0.29) is 0 Å². The van der Waals surface area contributed by atoms with Crippen molar-refractivity contribution in [2.24, 2.45) is 0 Å². The molecule has 0 fully saturated rings. The van der Waals surface area contributed by atoms with E-state index in [2.05, 4.69) is 121 Å². The van der Waals surface area contributed by atoms with Crippen molar-refractivity contribution in [1.82, 2.24) is 9.97 Å². The van der Waals surface area contributed by atoms with Crippen LogP contribution in [0.3, 0.4) is 0 Å². The molecule has 3 aromatic heterocycles. The molecule has 0 radical (unpaired) electrons. The Kier molecular flexibility index (Phi) is 5.04. The molecule has 0 aliphatic rings. The summed E-state index contributed by atoms with van der Waals surface area (Å²) in [6.45, 7) is 0. The van der Waals surface area contributed by atoms with E-state index in [1.54, 1.807) is 0 Å². The number of pyridine rings is 2. The van der Waals surface area contributed by atoms with Gasteiger partial charge >= 0.3 is 0 Å². The molecule has 8 rings (SSSR count). The van der Waals surface area contributed by atoms with E-state index < -0.39 is 0 Å². The normalized spacial score (nSPS) is 11.6. The predicted molar refractivity (Wildman–Crippen MR) is 166 cm³/mol. The number of hydrogen-bond acceptors (Lipinski definition) is 3. The van der Waals surface area contributed by atoms with Gasteiger partial charge in [0.1, 0.15) is 0 Å². The van der Waals surface area contributed by atoms with E-state index in [1.165, 1.54) is 42.1 Å². The SMILES string of the molecule is c1cc(-c2ccc(-c3nc4ccccc4c4ccccc34)nc2)cc(-c2ccc3c(c2)sc2ccccc23)c1. The molecule has 182 valence electrons. The molecule has 0 N–H and O–H groups in total. The summed E-state index contributed by atoms with van der Waals surface area (Å²) >= 11 is 1.86. The zero-order chi connectivity index (χ0) is 25.8. The molecule has 3 heteroatoms. The quantitative estimate of drug-likeness (QED) is 0.219. The summed E-state index contributed by atoms with van der Waals surface area (Å²) in [5.41, 5.74) is 7.46.